The summed E-state index contributed by atoms with van der Waals surface area (Å²) in [6.45, 7) is 4.21. The molecular weight excluding hydrogens is 240 g/mol. The first-order valence-electron chi connectivity index (χ1n) is 6.69. The van der Waals surface area contributed by atoms with Crippen molar-refractivity contribution in [2.24, 2.45) is 0 Å². The smallest absolute Gasteiger partial charge is 0.242 e. The quantitative estimate of drug-likeness (QED) is 0.852. The average Bonchev–Trinajstić information content (AvgIpc) is 2.46. The highest BCUT2D eigenvalue weighted by molar-refractivity contribution is 5.87. The molecule has 0 fully saturated rings. The Balaban J connectivity index is 2.94. The fraction of sp³-hybridized carbons (Fsp3) is 0.467. The van der Waals surface area contributed by atoms with Crippen molar-refractivity contribution in [3.8, 4) is 0 Å². The van der Waals surface area contributed by atoms with Crippen molar-refractivity contribution in [3.63, 3.8) is 0 Å². The van der Waals surface area contributed by atoms with Gasteiger partial charge in [-0.2, -0.15) is 0 Å². The van der Waals surface area contributed by atoms with Gasteiger partial charge < -0.3 is 10.2 Å². The monoisotopic (exact) mass is 262 g/mol. The summed E-state index contributed by atoms with van der Waals surface area (Å²) in [5, 5.41) is 2.63. The predicted octanol–water partition coefficient (Wildman–Crippen LogP) is 1.95. The van der Waals surface area contributed by atoms with Gasteiger partial charge in [-0.25, -0.2) is 0 Å². The van der Waals surface area contributed by atoms with Crippen LogP contribution in [0.2, 0.25) is 0 Å². The molecule has 1 rings (SSSR count). The fourth-order valence-corrected chi connectivity index (χ4v) is 2.07. The standard InChI is InChI=1S/C15H22N2O2/c1-4-13(15(19)16-3)17(14(18)5-2)11-12-9-7-6-8-10-12/h6-10,13H,4-5,11H2,1-3H3,(H,16,19). The first-order chi connectivity index (χ1) is 9.13. The van der Waals surface area contributed by atoms with E-state index in [4.69, 9.17) is 0 Å². The molecule has 1 atom stereocenters. The van der Waals surface area contributed by atoms with Gasteiger partial charge in [0.1, 0.15) is 6.04 Å². The van der Waals surface area contributed by atoms with Gasteiger partial charge in [-0.3, -0.25) is 9.59 Å². The Bertz CT molecular complexity index is 417. The van der Waals surface area contributed by atoms with E-state index in [-0.39, 0.29) is 11.8 Å². The van der Waals surface area contributed by atoms with Crippen LogP contribution in [0.1, 0.15) is 32.3 Å². The summed E-state index contributed by atoms with van der Waals surface area (Å²) in [4.78, 5) is 25.6. The SMILES string of the molecule is CCC(=O)N(Cc1ccccc1)C(CC)C(=O)NC. The van der Waals surface area contributed by atoms with Crippen LogP contribution in [0.25, 0.3) is 0 Å². The molecule has 1 unspecified atom stereocenters. The Labute approximate surface area is 114 Å². The number of hydrogen-bond donors (Lipinski definition) is 1. The molecule has 0 saturated carbocycles. The molecule has 0 bridgehead atoms. The maximum Gasteiger partial charge on any atom is 0.242 e. The van der Waals surface area contributed by atoms with Crippen LogP contribution in [0, 0.1) is 0 Å². The van der Waals surface area contributed by atoms with Crippen LogP contribution in [0.4, 0.5) is 0 Å². The number of nitrogens with zero attached hydrogens (tertiary/aromatic N) is 1. The van der Waals surface area contributed by atoms with Crippen molar-refractivity contribution >= 4 is 11.8 Å². The number of hydrogen-bond acceptors (Lipinski definition) is 2. The summed E-state index contributed by atoms with van der Waals surface area (Å²) in [5.74, 6) is -0.112. The molecule has 2 amide bonds. The van der Waals surface area contributed by atoms with Gasteiger partial charge >= 0.3 is 0 Å². The summed E-state index contributed by atoms with van der Waals surface area (Å²) in [5.41, 5.74) is 1.03. The number of benzene rings is 1. The largest absolute Gasteiger partial charge is 0.357 e. The van der Waals surface area contributed by atoms with Crippen LogP contribution < -0.4 is 5.32 Å². The maximum absolute atomic E-state index is 12.1. The molecule has 4 heteroatoms. The van der Waals surface area contributed by atoms with E-state index in [2.05, 4.69) is 5.32 Å². The minimum Gasteiger partial charge on any atom is -0.357 e. The highest BCUT2D eigenvalue weighted by Crippen LogP contribution is 2.13. The van der Waals surface area contributed by atoms with Crippen LogP contribution >= 0.6 is 0 Å². The third-order valence-electron chi connectivity index (χ3n) is 3.13. The van der Waals surface area contributed by atoms with E-state index < -0.39 is 6.04 Å². The first-order valence-corrected chi connectivity index (χ1v) is 6.69. The van der Waals surface area contributed by atoms with Crippen LogP contribution in [-0.4, -0.2) is 29.8 Å². The second kappa shape index (κ2) is 7.56. The van der Waals surface area contributed by atoms with Crippen molar-refractivity contribution in [2.45, 2.75) is 39.3 Å². The molecule has 0 aliphatic rings. The minimum absolute atomic E-state index is 0.000645. The van der Waals surface area contributed by atoms with Gasteiger partial charge in [0.15, 0.2) is 0 Å². The molecule has 0 radical (unpaired) electrons. The lowest BCUT2D eigenvalue weighted by atomic mass is 10.1. The minimum atomic E-state index is -0.405. The molecule has 1 aromatic carbocycles. The van der Waals surface area contributed by atoms with E-state index in [1.54, 1.807) is 11.9 Å². The number of amides is 2. The Morgan fingerprint density at radius 3 is 2.32 bits per heavy atom. The average molecular weight is 262 g/mol. The van der Waals surface area contributed by atoms with Gasteiger partial charge in [-0.05, 0) is 12.0 Å². The van der Waals surface area contributed by atoms with Gasteiger partial charge in [0.25, 0.3) is 0 Å². The van der Waals surface area contributed by atoms with Crippen molar-refractivity contribution < 1.29 is 9.59 Å². The number of likely N-dealkylation sites (N-methyl/N-ethyl adjacent to an activating group) is 1. The van der Waals surface area contributed by atoms with E-state index >= 15 is 0 Å². The molecule has 0 saturated heterocycles. The highest BCUT2D eigenvalue weighted by atomic mass is 16.2. The molecule has 0 heterocycles. The number of rotatable bonds is 6. The highest BCUT2D eigenvalue weighted by Gasteiger charge is 2.26. The maximum atomic E-state index is 12.1. The number of nitrogens with one attached hydrogen (secondary N) is 1. The van der Waals surface area contributed by atoms with E-state index in [9.17, 15) is 9.59 Å². The van der Waals surface area contributed by atoms with Crippen molar-refractivity contribution in [1.29, 1.82) is 0 Å². The predicted molar refractivity (Wildman–Crippen MR) is 75.4 cm³/mol. The normalized spacial score (nSPS) is 11.7. The van der Waals surface area contributed by atoms with Gasteiger partial charge in [0.2, 0.25) is 11.8 Å². The Kier molecular flexibility index (Phi) is 6.06. The van der Waals surface area contributed by atoms with Gasteiger partial charge in [-0.15, -0.1) is 0 Å². The van der Waals surface area contributed by atoms with E-state index in [1.807, 2.05) is 44.2 Å². The summed E-state index contributed by atoms with van der Waals surface area (Å²) in [7, 11) is 1.60. The fourth-order valence-electron chi connectivity index (χ4n) is 2.07. The number of carbonyl (C=O) groups excluding carboxylic acids is 2. The second-order valence-corrected chi connectivity index (χ2v) is 4.40. The lowest BCUT2D eigenvalue weighted by molar-refractivity contribution is -0.141. The van der Waals surface area contributed by atoms with Crippen LogP contribution in [-0.2, 0) is 16.1 Å². The molecule has 4 nitrogen and oxygen atoms in total. The third kappa shape index (κ3) is 4.09. The lowest BCUT2D eigenvalue weighted by Gasteiger charge is -2.30. The lowest BCUT2D eigenvalue weighted by Crippen LogP contribution is -2.47. The molecular formula is C15H22N2O2. The Morgan fingerprint density at radius 2 is 1.84 bits per heavy atom. The zero-order valence-electron chi connectivity index (χ0n) is 11.8. The zero-order valence-corrected chi connectivity index (χ0v) is 11.8. The van der Waals surface area contributed by atoms with Gasteiger partial charge in [0.05, 0.1) is 0 Å². The Hall–Kier alpha value is -1.84. The molecule has 19 heavy (non-hydrogen) atoms. The zero-order chi connectivity index (χ0) is 14.3. The molecule has 0 aliphatic carbocycles. The molecule has 1 aromatic rings. The van der Waals surface area contributed by atoms with Crippen molar-refractivity contribution in [1.82, 2.24) is 10.2 Å². The summed E-state index contributed by atoms with van der Waals surface area (Å²) in [6.07, 6.45) is 1.01. The van der Waals surface area contributed by atoms with E-state index in [0.717, 1.165) is 5.56 Å². The second-order valence-electron chi connectivity index (χ2n) is 4.40. The van der Waals surface area contributed by atoms with Crippen molar-refractivity contribution in [3.05, 3.63) is 35.9 Å². The molecule has 104 valence electrons. The van der Waals surface area contributed by atoms with Gasteiger partial charge in [-0.1, -0.05) is 44.2 Å². The number of carbonyl (C=O) groups is 2. The molecule has 0 spiro atoms. The molecule has 0 aromatic heterocycles. The summed E-state index contributed by atoms with van der Waals surface area (Å²) < 4.78 is 0. The van der Waals surface area contributed by atoms with E-state index in [1.165, 1.54) is 0 Å². The van der Waals surface area contributed by atoms with Crippen molar-refractivity contribution in [2.75, 3.05) is 7.05 Å². The molecule has 1 N–H and O–H groups in total. The summed E-state index contributed by atoms with van der Waals surface area (Å²) >= 11 is 0. The molecule has 0 aliphatic heterocycles. The Morgan fingerprint density at radius 1 is 1.21 bits per heavy atom. The van der Waals surface area contributed by atoms with Crippen LogP contribution in [0.5, 0.6) is 0 Å². The van der Waals surface area contributed by atoms with E-state index in [0.29, 0.717) is 19.4 Å². The van der Waals surface area contributed by atoms with Crippen LogP contribution in [0.3, 0.4) is 0 Å². The topological polar surface area (TPSA) is 49.4 Å². The summed E-state index contributed by atoms with van der Waals surface area (Å²) in [6, 6.07) is 9.33. The third-order valence-corrected chi connectivity index (χ3v) is 3.13. The van der Waals surface area contributed by atoms with Crippen LogP contribution in [0.15, 0.2) is 30.3 Å². The van der Waals surface area contributed by atoms with Gasteiger partial charge in [0, 0.05) is 20.0 Å². The first kappa shape index (κ1) is 15.2.